The van der Waals surface area contributed by atoms with E-state index in [1.165, 1.54) is 37.3 Å². The second-order valence-corrected chi connectivity index (χ2v) is 7.47. The van der Waals surface area contributed by atoms with Gasteiger partial charge >= 0.3 is 0 Å². The number of nitro benzene ring substituents is 1. The summed E-state index contributed by atoms with van der Waals surface area (Å²) in [6, 6.07) is 11.7. The average molecular weight is 411 g/mol. The van der Waals surface area contributed by atoms with Gasteiger partial charge in [-0.05, 0) is 25.1 Å². The lowest BCUT2D eigenvalue weighted by Crippen LogP contribution is -2.35. The second-order valence-electron chi connectivity index (χ2n) is 5.29. The minimum absolute atomic E-state index is 0.0177. The van der Waals surface area contributed by atoms with E-state index in [0.717, 1.165) is 0 Å². The number of hydrazone groups is 1. The molecule has 0 aliphatic heterocycles. The number of halogens is 1. The summed E-state index contributed by atoms with van der Waals surface area (Å²) in [4.78, 5) is 22.1. The highest BCUT2D eigenvalue weighted by Crippen LogP contribution is 2.25. The Morgan fingerprint density at radius 1 is 1.22 bits per heavy atom. The van der Waals surface area contributed by atoms with Crippen LogP contribution in [0.5, 0.6) is 0 Å². The van der Waals surface area contributed by atoms with Gasteiger partial charge in [-0.15, -0.1) is 0 Å². The zero-order valence-electron chi connectivity index (χ0n) is 14.0. The Hall–Kier alpha value is -2.82. The zero-order chi connectivity index (χ0) is 20.0. The van der Waals surface area contributed by atoms with Crippen molar-refractivity contribution in [2.24, 2.45) is 5.10 Å². The highest BCUT2D eigenvalue weighted by Gasteiger charge is 2.16. The summed E-state index contributed by atoms with van der Waals surface area (Å²) in [6.45, 7) is 1.01. The van der Waals surface area contributed by atoms with Crippen molar-refractivity contribution in [3.05, 3.63) is 69.2 Å². The summed E-state index contributed by atoms with van der Waals surface area (Å²) in [5.41, 5.74) is 2.57. The van der Waals surface area contributed by atoms with E-state index in [4.69, 9.17) is 11.6 Å². The first kappa shape index (κ1) is 20.5. The number of nitrogens with one attached hydrogen (secondary N) is 2. The van der Waals surface area contributed by atoms with Gasteiger partial charge in [-0.25, -0.2) is 18.6 Å². The average Bonchev–Trinajstić information content (AvgIpc) is 2.65. The van der Waals surface area contributed by atoms with Crippen molar-refractivity contribution >= 4 is 38.9 Å². The molecule has 0 aliphatic rings. The van der Waals surface area contributed by atoms with Crippen molar-refractivity contribution in [3.8, 4) is 0 Å². The molecule has 0 heterocycles. The van der Waals surface area contributed by atoms with Crippen molar-refractivity contribution in [3.63, 3.8) is 0 Å². The van der Waals surface area contributed by atoms with Crippen LogP contribution in [0.1, 0.15) is 12.5 Å². The molecule has 0 radical (unpaired) electrons. The number of carbonyl (C=O) groups excluding carboxylic acids is 1. The van der Waals surface area contributed by atoms with E-state index >= 15 is 0 Å². The molecule has 0 aromatic heterocycles. The fourth-order valence-corrected chi connectivity index (χ4v) is 3.16. The molecule has 2 aromatic rings. The van der Waals surface area contributed by atoms with Crippen LogP contribution in [0.3, 0.4) is 0 Å². The van der Waals surface area contributed by atoms with Gasteiger partial charge in [-0.3, -0.25) is 14.9 Å². The quantitative estimate of drug-likeness (QED) is 0.409. The number of benzene rings is 2. The van der Waals surface area contributed by atoms with Crippen LogP contribution in [0.25, 0.3) is 0 Å². The number of nitro groups is 1. The van der Waals surface area contributed by atoms with E-state index in [-0.39, 0.29) is 21.3 Å². The fraction of sp³-hybridized carbons (Fsp3) is 0.125. The monoisotopic (exact) mass is 410 g/mol. The molecular weight excluding hydrogens is 396 g/mol. The van der Waals surface area contributed by atoms with Crippen molar-refractivity contribution in [2.45, 2.75) is 11.8 Å². The SMILES string of the molecule is C/C(=N/NC(=O)CNS(=O)(=O)c1ccccc1)c1ccc(Cl)c([N+](=O)[O-])c1. The van der Waals surface area contributed by atoms with Gasteiger partial charge < -0.3 is 0 Å². The van der Waals surface area contributed by atoms with Gasteiger partial charge in [0.05, 0.1) is 22.1 Å². The van der Waals surface area contributed by atoms with E-state index in [2.05, 4.69) is 15.2 Å². The highest BCUT2D eigenvalue weighted by molar-refractivity contribution is 7.89. The number of hydrogen-bond acceptors (Lipinski definition) is 6. The summed E-state index contributed by atoms with van der Waals surface area (Å²) >= 11 is 5.74. The summed E-state index contributed by atoms with van der Waals surface area (Å²) in [5, 5.41) is 14.7. The number of carbonyl (C=O) groups is 1. The number of sulfonamides is 1. The Labute approximate surface area is 160 Å². The largest absolute Gasteiger partial charge is 0.288 e. The minimum Gasteiger partial charge on any atom is -0.272 e. The van der Waals surface area contributed by atoms with Gasteiger partial charge in [0.25, 0.3) is 11.6 Å². The van der Waals surface area contributed by atoms with Crippen LogP contribution < -0.4 is 10.1 Å². The van der Waals surface area contributed by atoms with Gasteiger partial charge in [0.2, 0.25) is 10.0 Å². The van der Waals surface area contributed by atoms with Crippen LogP contribution in [0.2, 0.25) is 5.02 Å². The number of hydrogen-bond donors (Lipinski definition) is 2. The molecule has 2 aromatic carbocycles. The standard InChI is InChI=1S/C16H15ClN4O5S/c1-11(12-7-8-14(17)15(9-12)21(23)24)19-20-16(22)10-18-27(25,26)13-5-3-2-4-6-13/h2-9,18H,10H2,1H3,(H,20,22)/b19-11-. The van der Waals surface area contributed by atoms with Gasteiger partial charge in [0, 0.05) is 11.6 Å². The highest BCUT2D eigenvalue weighted by atomic mass is 35.5. The number of amides is 1. The van der Waals surface area contributed by atoms with E-state index in [1.54, 1.807) is 18.2 Å². The maximum absolute atomic E-state index is 12.0. The van der Waals surface area contributed by atoms with Gasteiger partial charge in [0.15, 0.2) is 0 Å². The molecule has 0 fully saturated rings. The normalized spacial score (nSPS) is 11.9. The lowest BCUT2D eigenvalue weighted by Gasteiger charge is -2.06. The molecule has 1 amide bonds. The third-order valence-electron chi connectivity index (χ3n) is 3.39. The number of rotatable bonds is 7. The van der Waals surface area contributed by atoms with E-state index < -0.39 is 27.4 Å². The van der Waals surface area contributed by atoms with Gasteiger partial charge in [-0.1, -0.05) is 35.9 Å². The maximum Gasteiger partial charge on any atom is 0.288 e. The first-order chi connectivity index (χ1) is 12.7. The van der Waals surface area contributed by atoms with Crippen LogP contribution in [0.4, 0.5) is 5.69 Å². The van der Waals surface area contributed by atoms with E-state index in [9.17, 15) is 23.3 Å². The van der Waals surface area contributed by atoms with Crippen molar-refractivity contribution in [2.75, 3.05) is 6.54 Å². The van der Waals surface area contributed by atoms with E-state index in [1.807, 2.05) is 0 Å². The van der Waals surface area contributed by atoms with Crippen molar-refractivity contribution in [1.82, 2.24) is 10.1 Å². The Kier molecular flexibility index (Phi) is 6.61. The first-order valence-corrected chi connectivity index (χ1v) is 9.39. The predicted molar refractivity (Wildman–Crippen MR) is 100 cm³/mol. The summed E-state index contributed by atoms with van der Waals surface area (Å²) in [5.74, 6) is -0.697. The van der Waals surface area contributed by atoms with Gasteiger partial charge in [0.1, 0.15) is 5.02 Å². The van der Waals surface area contributed by atoms with Crippen molar-refractivity contribution < 1.29 is 18.1 Å². The minimum atomic E-state index is -3.81. The summed E-state index contributed by atoms with van der Waals surface area (Å²) < 4.78 is 26.2. The molecular formula is C16H15ClN4O5S. The molecule has 0 spiro atoms. The summed E-state index contributed by atoms with van der Waals surface area (Å²) in [7, 11) is -3.81. The molecule has 0 unspecified atom stereocenters. The molecule has 2 rings (SSSR count). The smallest absolute Gasteiger partial charge is 0.272 e. The van der Waals surface area contributed by atoms with Crippen LogP contribution in [0.15, 0.2) is 58.5 Å². The van der Waals surface area contributed by atoms with Crippen LogP contribution >= 0.6 is 11.6 Å². The molecule has 27 heavy (non-hydrogen) atoms. The molecule has 9 nitrogen and oxygen atoms in total. The molecule has 142 valence electrons. The first-order valence-electron chi connectivity index (χ1n) is 7.53. The molecule has 0 atom stereocenters. The molecule has 0 aliphatic carbocycles. The maximum atomic E-state index is 12.0. The lowest BCUT2D eigenvalue weighted by molar-refractivity contribution is -0.384. The van der Waals surface area contributed by atoms with E-state index in [0.29, 0.717) is 5.56 Å². The molecule has 0 saturated carbocycles. The van der Waals surface area contributed by atoms with Crippen LogP contribution in [-0.4, -0.2) is 31.5 Å². The molecule has 11 heteroatoms. The molecule has 0 saturated heterocycles. The Morgan fingerprint density at radius 3 is 2.52 bits per heavy atom. The second kappa shape index (κ2) is 8.71. The molecule has 2 N–H and O–H groups in total. The third kappa shape index (κ3) is 5.58. The topological polar surface area (TPSA) is 131 Å². The van der Waals surface area contributed by atoms with Gasteiger partial charge in [-0.2, -0.15) is 5.10 Å². The third-order valence-corrected chi connectivity index (χ3v) is 5.12. The van der Waals surface area contributed by atoms with Crippen LogP contribution in [0, 0.1) is 10.1 Å². The fourth-order valence-electron chi connectivity index (χ4n) is 1.97. The number of nitrogens with zero attached hydrogens (tertiary/aromatic N) is 2. The Morgan fingerprint density at radius 2 is 1.89 bits per heavy atom. The lowest BCUT2D eigenvalue weighted by atomic mass is 10.1. The Balaban J connectivity index is 2.00. The van der Waals surface area contributed by atoms with Crippen molar-refractivity contribution in [1.29, 1.82) is 0 Å². The summed E-state index contributed by atoms with van der Waals surface area (Å²) in [6.07, 6.45) is 0. The predicted octanol–water partition coefficient (Wildman–Crippen LogP) is 2.07. The Bertz CT molecular complexity index is 993. The molecule has 0 bridgehead atoms. The zero-order valence-corrected chi connectivity index (χ0v) is 15.6. The van der Waals surface area contributed by atoms with Crippen LogP contribution in [-0.2, 0) is 14.8 Å².